The molecule has 3 aromatic rings. The second kappa shape index (κ2) is 3.04. The number of nitrogens with one attached hydrogen (secondary N) is 1. The van der Waals surface area contributed by atoms with Crippen molar-refractivity contribution in [3.63, 3.8) is 0 Å². The average molecular weight is 218 g/mol. The first-order valence-electron chi connectivity index (χ1n) is 5.21. The number of H-pyrrole nitrogens is 1. The third-order valence-corrected chi connectivity index (χ3v) is 3.00. The summed E-state index contributed by atoms with van der Waals surface area (Å²) in [5.41, 5.74) is 3.33. The average Bonchev–Trinajstić information content (AvgIpc) is 2.80. The van der Waals surface area contributed by atoms with Gasteiger partial charge in [0.25, 0.3) is 0 Å². The largest absolute Gasteiger partial charge is 0.259 e. The van der Waals surface area contributed by atoms with Gasteiger partial charge in [-0.25, -0.2) is 8.91 Å². The van der Waals surface area contributed by atoms with Crippen molar-refractivity contribution in [3.05, 3.63) is 29.3 Å². The zero-order valence-corrected chi connectivity index (χ0v) is 9.08. The topological polar surface area (TPSA) is 46.0 Å². The quantitative estimate of drug-likeness (QED) is 0.680. The van der Waals surface area contributed by atoms with Gasteiger partial charge in [-0.3, -0.25) is 5.10 Å². The first-order chi connectivity index (χ1) is 7.72. The highest BCUT2D eigenvalue weighted by molar-refractivity contribution is 5.93. The molecule has 3 aromatic heterocycles. The number of aromatic nitrogens is 4. The molecule has 0 saturated carbocycles. The maximum Gasteiger partial charge on any atom is 0.178 e. The van der Waals surface area contributed by atoms with Crippen LogP contribution in [0.3, 0.4) is 0 Å². The first kappa shape index (κ1) is 9.33. The van der Waals surface area contributed by atoms with Crippen molar-refractivity contribution in [1.82, 2.24) is 19.8 Å². The highest BCUT2D eigenvalue weighted by atomic mass is 19.1. The van der Waals surface area contributed by atoms with Crippen LogP contribution in [0.4, 0.5) is 4.39 Å². The maximum absolute atomic E-state index is 13.6. The first-order valence-corrected chi connectivity index (χ1v) is 5.21. The molecule has 1 N–H and O–H groups in total. The molecule has 0 radical (unpaired) electrons. The Hall–Kier alpha value is -1.91. The minimum absolute atomic E-state index is 0.220. The number of aromatic amines is 1. The third-order valence-electron chi connectivity index (χ3n) is 3.00. The Morgan fingerprint density at radius 3 is 3.06 bits per heavy atom. The van der Waals surface area contributed by atoms with E-state index in [0.29, 0.717) is 11.2 Å². The molecule has 0 unspecified atom stereocenters. The van der Waals surface area contributed by atoms with Crippen molar-refractivity contribution < 1.29 is 4.39 Å². The summed E-state index contributed by atoms with van der Waals surface area (Å²) in [6.07, 6.45) is 3.92. The van der Waals surface area contributed by atoms with Crippen LogP contribution in [0.25, 0.3) is 16.6 Å². The van der Waals surface area contributed by atoms with Gasteiger partial charge in [-0.1, -0.05) is 6.92 Å². The molecule has 82 valence electrons. The van der Waals surface area contributed by atoms with Crippen LogP contribution >= 0.6 is 0 Å². The summed E-state index contributed by atoms with van der Waals surface area (Å²) < 4.78 is 15.2. The SMILES string of the molecule is CCc1c(C)c(F)cn2nc3[nH]ncc3c12. The van der Waals surface area contributed by atoms with Gasteiger partial charge in [0.2, 0.25) is 0 Å². The van der Waals surface area contributed by atoms with Crippen LogP contribution in [0.15, 0.2) is 12.4 Å². The summed E-state index contributed by atoms with van der Waals surface area (Å²) in [7, 11) is 0. The standard InChI is InChI=1S/C11H11FN4/c1-3-7-6(2)9(12)5-16-10(7)8-4-13-14-11(8)15-16/h4-5H,3H2,1-2H3,(H,14,15). The van der Waals surface area contributed by atoms with Crippen molar-refractivity contribution in [2.75, 3.05) is 0 Å². The molecule has 16 heavy (non-hydrogen) atoms. The van der Waals surface area contributed by atoms with Crippen LogP contribution in [0, 0.1) is 12.7 Å². The van der Waals surface area contributed by atoms with Crippen molar-refractivity contribution in [3.8, 4) is 0 Å². The zero-order valence-electron chi connectivity index (χ0n) is 9.08. The normalized spacial score (nSPS) is 11.7. The second-order valence-electron chi connectivity index (χ2n) is 3.86. The Kier molecular flexibility index (Phi) is 1.77. The number of aryl methyl sites for hydroxylation is 1. The second-order valence-corrected chi connectivity index (χ2v) is 3.86. The molecule has 0 saturated heterocycles. The Balaban J connectivity index is 2.58. The fourth-order valence-corrected chi connectivity index (χ4v) is 2.16. The van der Waals surface area contributed by atoms with Gasteiger partial charge >= 0.3 is 0 Å². The molecule has 3 heterocycles. The zero-order chi connectivity index (χ0) is 11.3. The number of nitrogens with zero attached hydrogens (tertiary/aromatic N) is 3. The Labute approximate surface area is 91.1 Å². The van der Waals surface area contributed by atoms with Crippen molar-refractivity contribution in [1.29, 1.82) is 0 Å². The fraction of sp³-hybridized carbons (Fsp3) is 0.273. The van der Waals surface area contributed by atoms with Gasteiger partial charge in [-0.2, -0.15) is 5.10 Å². The monoisotopic (exact) mass is 218 g/mol. The molecule has 0 amide bonds. The lowest BCUT2D eigenvalue weighted by Crippen LogP contribution is -1.99. The van der Waals surface area contributed by atoms with E-state index in [1.54, 1.807) is 17.6 Å². The maximum atomic E-state index is 13.6. The van der Waals surface area contributed by atoms with E-state index in [-0.39, 0.29) is 5.82 Å². The molecule has 0 aromatic carbocycles. The summed E-state index contributed by atoms with van der Waals surface area (Å²) in [6, 6.07) is 0. The molecular weight excluding hydrogens is 207 g/mol. The lowest BCUT2D eigenvalue weighted by Gasteiger charge is -2.06. The van der Waals surface area contributed by atoms with Gasteiger partial charge in [0.15, 0.2) is 5.65 Å². The summed E-state index contributed by atoms with van der Waals surface area (Å²) >= 11 is 0. The van der Waals surface area contributed by atoms with Crippen LogP contribution in [-0.2, 0) is 6.42 Å². The smallest absolute Gasteiger partial charge is 0.178 e. The highest BCUT2D eigenvalue weighted by Crippen LogP contribution is 2.25. The number of hydrogen-bond acceptors (Lipinski definition) is 2. The molecule has 0 atom stereocenters. The molecular formula is C11H11FN4. The van der Waals surface area contributed by atoms with Crippen LogP contribution in [0.5, 0.6) is 0 Å². The number of pyridine rings is 1. The van der Waals surface area contributed by atoms with E-state index in [2.05, 4.69) is 15.3 Å². The lowest BCUT2D eigenvalue weighted by molar-refractivity contribution is 0.602. The number of hydrogen-bond donors (Lipinski definition) is 1. The lowest BCUT2D eigenvalue weighted by atomic mass is 10.1. The van der Waals surface area contributed by atoms with E-state index in [9.17, 15) is 4.39 Å². The van der Waals surface area contributed by atoms with E-state index in [4.69, 9.17) is 0 Å². The fourth-order valence-electron chi connectivity index (χ4n) is 2.16. The van der Waals surface area contributed by atoms with E-state index >= 15 is 0 Å². The van der Waals surface area contributed by atoms with Gasteiger partial charge < -0.3 is 0 Å². The van der Waals surface area contributed by atoms with Crippen molar-refractivity contribution >= 4 is 16.6 Å². The minimum atomic E-state index is -0.220. The van der Waals surface area contributed by atoms with Gasteiger partial charge in [0.1, 0.15) is 5.82 Å². The van der Waals surface area contributed by atoms with Crippen LogP contribution in [-0.4, -0.2) is 19.8 Å². The summed E-state index contributed by atoms with van der Waals surface area (Å²) in [5.74, 6) is -0.220. The molecule has 0 aliphatic heterocycles. The Morgan fingerprint density at radius 2 is 2.31 bits per heavy atom. The summed E-state index contributed by atoms with van der Waals surface area (Å²) in [6.45, 7) is 3.81. The Bertz CT molecular complexity index is 680. The number of halogens is 1. The van der Waals surface area contributed by atoms with Gasteiger partial charge in [0.05, 0.1) is 23.3 Å². The molecule has 3 rings (SSSR count). The van der Waals surface area contributed by atoms with Crippen molar-refractivity contribution in [2.45, 2.75) is 20.3 Å². The van der Waals surface area contributed by atoms with Gasteiger partial charge in [-0.15, -0.1) is 5.10 Å². The molecule has 0 aliphatic rings. The van der Waals surface area contributed by atoms with Crippen LogP contribution < -0.4 is 0 Å². The van der Waals surface area contributed by atoms with Gasteiger partial charge in [-0.05, 0) is 24.5 Å². The molecule has 5 heteroatoms. The summed E-state index contributed by atoms with van der Waals surface area (Å²) in [4.78, 5) is 0. The van der Waals surface area contributed by atoms with E-state index in [0.717, 1.165) is 22.9 Å². The predicted molar refractivity (Wildman–Crippen MR) is 58.9 cm³/mol. The van der Waals surface area contributed by atoms with Crippen molar-refractivity contribution in [2.24, 2.45) is 0 Å². The van der Waals surface area contributed by atoms with E-state index < -0.39 is 0 Å². The highest BCUT2D eigenvalue weighted by Gasteiger charge is 2.14. The summed E-state index contributed by atoms with van der Waals surface area (Å²) in [5, 5.41) is 11.9. The third kappa shape index (κ3) is 1.02. The minimum Gasteiger partial charge on any atom is -0.259 e. The van der Waals surface area contributed by atoms with Crippen LogP contribution in [0.1, 0.15) is 18.1 Å². The number of rotatable bonds is 1. The molecule has 4 nitrogen and oxygen atoms in total. The van der Waals surface area contributed by atoms with E-state index in [1.165, 1.54) is 6.20 Å². The van der Waals surface area contributed by atoms with Gasteiger partial charge in [0, 0.05) is 0 Å². The van der Waals surface area contributed by atoms with Crippen LogP contribution in [0.2, 0.25) is 0 Å². The molecule has 0 bridgehead atoms. The van der Waals surface area contributed by atoms with E-state index in [1.807, 2.05) is 6.92 Å². The molecule has 0 spiro atoms. The molecule has 0 aliphatic carbocycles. The predicted octanol–water partition coefficient (Wildman–Crippen LogP) is 2.22. The number of fused-ring (bicyclic) bond motifs is 3. The molecule has 0 fully saturated rings. The Morgan fingerprint density at radius 1 is 1.50 bits per heavy atom.